The lowest BCUT2D eigenvalue weighted by atomic mass is 10.1. The molecule has 0 saturated heterocycles. The summed E-state index contributed by atoms with van der Waals surface area (Å²) >= 11 is 7.84. The fourth-order valence-corrected chi connectivity index (χ4v) is 3.81. The molecule has 0 fully saturated rings. The molecule has 0 aliphatic carbocycles. The highest BCUT2D eigenvalue weighted by atomic mass is 35.5. The first-order chi connectivity index (χ1) is 11.2. The summed E-state index contributed by atoms with van der Waals surface area (Å²) in [5.74, 6) is 0. The zero-order chi connectivity index (χ0) is 16.2. The number of hydrogen-bond acceptors (Lipinski definition) is 4. The topological polar surface area (TPSA) is 42.4 Å². The molecular formula is C17H19ClN2O2S. The van der Waals surface area contributed by atoms with Gasteiger partial charge in [0.15, 0.2) is 0 Å². The van der Waals surface area contributed by atoms with Gasteiger partial charge in [-0.25, -0.2) is 9.78 Å². The molecule has 23 heavy (non-hydrogen) atoms. The Morgan fingerprint density at radius 2 is 2.35 bits per heavy atom. The lowest BCUT2D eigenvalue weighted by Gasteiger charge is -2.25. The highest BCUT2D eigenvalue weighted by Gasteiger charge is 2.20. The SMILES string of the molecule is CCCCOC(=O)N1CC=C(c2nc3c(Cl)cccc3s2)CC1. The summed E-state index contributed by atoms with van der Waals surface area (Å²) in [5.41, 5.74) is 2.04. The van der Waals surface area contributed by atoms with Crippen LogP contribution in [0.5, 0.6) is 0 Å². The van der Waals surface area contributed by atoms with Crippen LogP contribution in [0.25, 0.3) is 15.8 Å². The Labute approximate surface area is 144 Å². The Hall–Kier alpha value is -1.59. The molecule has 0 unspecified atom stereocenters. The predicted octanol–water partition coefficient (Wildman–Crippen LogP) is 4.98. The van der Waals surface area contributed by atoms with Crippen molar-refractivity contribution in [3.8, 4) is 0 Å². The average Bonchev–Trinajstić information content (AvgIpc) is 3.01. The Bertz CT molecular complexity index is 741. The first-order valence-electron chi connectivity index (χ1n) is 7.85. The minimum Gasteiger partial charge on any atom is -0.449 e. The molecule has 2 heterocycles. The van der Waals surface area contributed by atoms with Crippen molar-refractivity contribution in [3.63, 3.8) is 0 Å². The van der Waals surface area contributed by atoms with Crippen molar-refractivity contribution >= 4 is 44.8 Å². The number of unbranched alkanes of at least 4 members (excludes halogenated alkanes) is 1. The van der Waals surface area contributed by atoms with E-state index in [1.165, 1.54) is 5.57 Å². The quantitative estimate of drug-likeness (QED) is 0.730. The smallest absolute Gasteiger partial charge is 0.410 e. The van der Waals surface area contributed by atoms with Gasteiger partial charge >= 0.3 is 6.09 Å². The number of benzene rings is 1. The Morgan fingerprint density at radius 3 is 3.04 bits per heavy atom. The second kappa shape index (κ2) is 7.32. The van der Waals surface area contributed by atoms with Gasteiger partial charge in [-0.15, -0.1) is 11.3 Å². The molecule has 1 amide bonds. The third-order valence-electron chi connectivity index (χ3n) is 3.84. The van der Waals surface area contributed by atoms with Crippen LogP contribution in [0, 0.1) is 0 Å². The highest BCUT2D eigenvalue weighted by molar-refractivity contribution is 7.19. The summed E-state index contributed by atoms with van der Waals surface area (Å²) in [6.07, 6.45) is 4.57. The van der Waals surface area contributed by atoms with Crippen LogP contribution in [0.2, 0.25) is 5.02 Å². The number of carbonyl (C=O) groups is 1. The highest BCUT2D eigenvalue weighted by Crippen LogP contribution is 2.33. The molecule has 6 heteroatoms. The van der Waals surface area contributed by atoms with Crippen LogP contribution in [0.4, 0.5) is 4.79 Å². The fourth-order valence-electron chi connectivity index (χ4n) is 2.48. The van der Waals surface area contributed by atoms with E-state index in [1.807, 2.05) is 18.2 Å². The number of rotatable bonds is 4. The molecular weight excluding hydrogens is 332 g/mol. The molecule has 0 atom stereocenters. The summed E-state index contributed by atoms with van der Waals surface area (Å²) in [6.45, 7) is 3.82. The van der Waals surface area contributed by atoms with Gasteiger partial charge in [-0.1, -0.05) is 37.1 Å². The minimum atomic E-state index is -0.221. The van der Waals surface area contributed by atoms with Crippen molar-refractivity contribution in [2.45, 2.75) is 26.2 Å². The number of ether oxygens (including phenoxy) is 1. The van der Waals surface area contributed by atoms with E-state index in [0.717, 1.165) is 34.5 Å². The molecule has 4 nitrogen and oxygen atoms in total. The van der Waals surface area contributed by atoms with Crippen LogP contribution < -0.4 is 0 Å². The first kappa shape index (κ1) is 16.3. The number of halogens is 1. The average molecular weight is 351 g/mol. The van der Waals surface area contributed by atoms with Gasteiger partial charge in [0.05, 0.1) is 16.3 Å². The summed E-state index contributed by atoms with van der Waals surface area (Å²) in [4.78, 5) is 18.3. The van der Waals surface area contributed by atoms with Crippen LogP contribution in [0.1, 0.15) is 31.2 Å². The van der Waals surface area contributed by atoms with E-state index in [0.29, 0.717) is 24.7 Å². The Morgan fingerprint density at radius 1 is 1.48 bits per heavy atom. The maximum Gasteiger partial charge on any atom is 0.410 e. The maximum absolute atomic E-state index is 11.9. The van der Waals surface area contributed by atoms with Gasteiger partial charge in [0, 0.05) is 13.1 Å². The standard InChI is InChI=1S/C17H19ClN2O2S/c1-2-3-11-22-17(21)20-9-7-12(8-10-20)16-19-15-13(18)5-4-6-14(15)23-16/h4-7H,2-3,8-11H2,1H3. The first-order valence-corrected chi connectivity index (χ1v) is 9.04. The number of amides is 1. The fraction of sp³-hybridized carbons (Fsp3) is 0.412. The van der Waals surface area contributed by atoms with Gasteiger partial charge in [-0.2, -0.15) is 0 Å². The molecule has 0 spiro atoms. The Balaban J connectivity index is 1.68. The largest absolute Gasteiger partial charge is 0.449 e. The van der Waals surface area contributed by atoms with Gasteiger partial charge in [-0.3, -0.25) is 0 Å². The molecule has 1 aliphatic heterocycles. The van der Waals surface area contributed by atoms with E-state index >= 15 is 0 Å². The molecule has 0 N–H and O–H groups in total. The molecule has 1 aromatic carbocycles. The molecule has 0 saturated carbocycles. The number of carbonyl (C=O) groups excluding carboxylic acids is 1. The predicted molar refractivity (Wildman–Crippen MR) is 95.1 cm³/mol. The van der Waals surface area contributed by atoms with Crippen LogP contribution in [-0.2, 0) is 4.74 Å². The number of thiazole rings is 1. The summed E-state index contributed by atoms with van der Waals surface area (Å²) in [5, 5.41) is 1.68. The number of hydrogen-bond donors (Lipinski definition) is 0. The third kappa shape index (κ3) is 3.67. The van der Waals surface area contributed by atoms with Crippen molar-refractivity contribution in [2.75, 3.05) is 19.7 Å². The van der Waals surface area contributed by atoms with E-state index in [-0.39, 0.29) is 6.09 Å². The number of fused-ring (bicyclic) bond motifs is 1. The van der Waals surface area contributed by atoms with Gasteiger partial charge in [0.2, 0.25) is 0 Å². The monoisotopic (exact) mass is 350 g/mol. The molecule has 0 bridgehead atoms. The zero-order valence-corrected chi connectivity index (χ0v) is 14.6. The number of aromatic nitrogens is 1. The molecule has 2 aromatic rings. The van der Waals surface area contributed by atoms with E-state index in [9.17, 15) is 4.79 Å². The lowest BCUT2D eigenvalue weighted by Crippen LogP contribution is -2.35. The number of nitrogens with zero attached hydrogens (tertiary/aromatic N) is 2. The van der Waals surface area contributed by atoms with Crippen LogP contribution in [0.15, 0.2) is 24.3 Å². The van der Waals surface area contributed by atoms with Gasteiger partial charge in [0.25, 0.3) is 0 Å². The lowest BCUT2D eigenvalue weighted by molar-refractivity contribution is 0.105. The van der Waals surface area contributed by atoms with Crippen molar-refractivity contribution in [2.24, 2.45) is 0 Å². The van der Waals surface area contributed by atoms with Crippen LogP contribution in [-0.4, -0.2) is 35.7 Å². The van der Waals surface area contributed by atoms with Gasteiger partial charge < -0.3 is 9.64 Å². The zero-order valence-electron chi connectivity index (χ0n) is 13.0. The second-order valence-electron chi connectivity index (χ2n) is 5.50. The molecule has 1 aromatic heterocycles. The second-order valence-corrected chi connectivity index (χ2v) is 6.94. The maximum atomic E-state index is 11.9. The molecule has 1 aliphatic rings. The number of para-hydroxylation sites is 1. The van der Waals surface area contributed by atoms with Crippen molar-refractivity contribution < 1.29 is 9.53 Å². The summed E-state index contributed by atoms with van der Waals surface area (Å²) < 4.78 is 6.35. The minimum absolute atomic E-state index is 0.221. The molecule has 122 valence electrons. The van der Waals surface area contributed by atoms with Gasteiger partial charge in [0.1, 0.15) is 10.5 Å². The summed E-state index contributed by atoms with van der Waals surface area (Å²) in [6, 6.07) is 5.83. The Kier molecular flexibility index (Phi) is 5.18. The van der Waals surface area contributed by atoms with Crippen molar-refractivity contribution in [1.29, 1.82) is 0 Å². The van der Waals surface area contributed by atoms with Crippen molar-refractivity contribution in [1.82, 2.24) is 9.88 Å². The van der Waals surface area contributed by atoms with Crippen LogP contribution in [0.3, 0.4) is 0 Å². The van der Waals surface area contributed by atoms with E-state index in [1.54, 1.807) is 16.2 Å². The third-order valence-corrected chi connectivity index (χ3v) is 5.24. The molecule has 3 rings (SSSR count). The summed E-state index contributed by atoms with van der Waals surface area (Å²) in [7, 11) is 0. The van der Waals surface area contributed by atoms with E-state index < -0.39 is 0 Å². The van der Waals surface area contributed by atoms with E-state index in [2.05, 4.69) is 18.0 Å². The van der Waals surface area contributed by atoms with E-state index in [4.69, 9.17) is 16.3 Å². The normalized spacial score (nSPS) is 14.9. The van der Waals surface area contributed by atoms with Crippen LogP contribution >= 0.6 is 22.9 Å². The van der Waals surface area contributed by atoms with Gasteiger partial charge in [-0.05, 0) is 30.5 Å². The molecule has 0 radical (unpaired) electrons. The van der Waals surface area contributed by atoms with Crippen molar-refractivity contribution in [3.05, 3.63) is 34.3 Å².